The average molecular weight is 242 g/mol. The van der Waals surface area contributed by atoms with Crippen LogP contribution in [0.15, 0.2) is 11.1 Å². The quantitative estimate of drug-likeness (QED) is 0.771. The number of allylic oxidation sites excluding steroid dienone is 1. The maximum Gasteiger partial charge on any atom is 0.211 e. The molecular formula is C14H24O3. The Labute approximate surface area is 105 Å². The molecule has 2 fully saturated rings. The lowest BCUT2D eigenvalue weighted by Gasteiger charge is -2.45. The molecule has 4 atom stereocenters. The van der Waals surface area contributed by atoms with Gasteiger partial charge in [0.25, 0.3) is 0 Å². The molecule has 2 rings (SSSR count). The van der Waals surface area contributed by atoms with Crippen LogP contribution in [0.25, 0.3) is 0 Å². The van der Waals surface area contributed by atoms with Gasteiger partial charge in [-0.2, -0.15) is 0 Å². The van der Waals surface area contributed by atoms with Crippen LogP contribution in [0.3, 0.4) is 0 Å². The first kappa shape index (κ1) is 11.7. The third-order valence-electron chi connectivity index (χ3n) is 4.65. The Hall–Kier alpha value is -0.380. The molecule has 17 heavy (non-hydrogen) atoms. The maximum absolute atomic E-state index is 7.44. The highest BCUT2D eigenvalue weighted by atomic mass is 16.6. The number of methoxy groups -OCH3 is 1. The van der Waals surface area contributed by atoms with Crippen molar-refractivity contribution < 1.29 is 14.6 Å². The van der Waals surface area contributed by atoms with Crippen molar-refractivity contribution in [2.24, 2.45) is 11.3 Å². The van der Waals surface area contributed by atoms with E-state index in [2.05, 4.69) is 34.6 Å². The van der Waals surface area contributed by atoms with Gasteiger partial charge in [0.05, 0.1) is 18.8 Å². The second kappa shape index (κ2) is 3.81. The van der Waals surface area contributed by atoms with E-state index in [1.165, 1.54) is 11.1 Å². The summed E-state index contributed by atoms with van der Waals surface area (Å²) in [4.78, 5) is 0. The maximum atomic E-state index is 7.44. The molecule has 0 radical (unpaired) electrons. The van der Waals surface area contributed by atoms with Crippen LogP contribution in [0.2, 0.25) is 0 Å². The summed E-state index contributed by atoms with van der Waals surface area (Å²) < 4.78 is 19.0. The molecule has 1 aliphatic heterocycles. The number of hydrogen-bond donors (Lipinski definition) is 1. The van der Waals surface area contributed by atoms with Crippen molar-refractivity contribution in [3.8, 4) is 0 Å². The first-order valence-corrected chi connectivity index (χ1v) is 6.30. The first-order valence-electron chi connectivity index (χ1n) is 6.71. The third-order valence-corrected chi connectivity index (χ3v) is 4.65. The van der Waals surface area contributed by atoms with Gasteiger partial charge >= 0.3 is 0 Å². The zero-order valence-corrected chi connectivity index (χ0v) is 11.7. The molecule has 1 heterocycles. The van der Waals surface area contributed by atoms with Gasteiger partial charge in [-0.3, -0.25) is 0 Å². The van der Waals surface area contributed by atoms with Gasteiger partial charge in [0, 0.05) is 18.4 Å². The van der Waals surface area contributed by atoms with E-state index in [9.17, 15) is 0 Å². The SMILES string of the molecule is [3H]O[C@H]1[C@H]2C(=C(C)C)C(C)(C)[C@]1(COC)O[C@H]2C. The summed E-state index contributed by atoms with van der Waals surface area (Å²) in [5.41, 5.74) is 1.97. The molecule has 98 valence electrons. The minimum Gasteiger partial charge on any atom is -0.389 e. The molecular weight excluding hydrogens is 216 g/mol. The predicted octanol–water partition coefficient (Wildman–Crippen LogP) is 2.14. The van der Waals surface area contributed by atoms with E-state index < -0.39 is 5.60 Å². The topological polar surface area (TPSA) is 38.7 Å². The Morgan fingerprint density at radius 2 is 2.18 bits per heavy atom. The van der Waals surface area contributed by atoms with Gasteiger partial charge in [0.1, 0.15) is 5.60 Å². The minimum absolute atomic E-state index is 0.0772. The van der Waals surface area contributed by atoms with E-state index >= 15 is 0 Å². The minimum atomic E-state index is -0.541. The van der Waals surface area contributed by atoms with Gasteiger partial charge in [0.15, 0.2) is 0 Å². The number of aliphatic hydroxyl groups excluding tert-OH is 1. The predicted molar refractivity (Wildman–Crippen MR) is 66.8 cm³/mol. The Kier molecular flexibility index (Phi) is 2.62. The van der Waals surface area contributed by atoms with Crippen LogP contribution in [0.4, 0.5) is 0 Å². The van der Waals surface area contributed by atoms with E-state index in [0.29, 0.717) is 6.61 Å². The fourth-order valence-electron chi connectivity index (χ4n) is 4.01. The average Bonchev–Trinajstić information content (AvgIpc) is 2.61. The van der Waals surface area contributed by atoms with Crippen LogP contribution >= 0.6 is 0 Å². The van der Waals surface area contributed by atoms with Crippen molar-refractivity contribution in [2.75, 3.05) is 13.7 Å². The van der Waals surface area contributed by atoms with Crippen LogP contribution in [-0.4, -0.2) is 38.1 Å². The molecule has 2 bridgehead atoms. The van der Waals surface area contributed by atoms with Gasteiger partial charge in [-0.15, -0.1) is 0 Å². The van der Waals surface area contributed by atoms with Crippen molar-refractivity contribution in [1.29, 1.82) is 1.43 Å². The highest BCUT2D eigenvalue weighted by molar-refractivity contribution is 5.39. The number of hydrogen-bond acceptors (Lipinski definition) is 3. The number of ether oxygens (including phenoxy) is 2. The summed E-state index contributed by atoms with van der Waals surface area (Å²) in [5, 5.41) is 5.05. The Morgan fingerprint density at radius 3 is 2.65 bits per heavy atom. The molecule has 0 aromatic rings. The fraction of sp³-hybridized carbons (Fsp3) is 0.857. The van der Waals surface area contributed by atoms with Gasteiger partial charge in [-0.05, 0) is 20.8 Å². The summed E-state index contributed by atoms with van der Waals surface area (Å²) in [6.45, 7) is 11.1. The smallest absolute Gasteiger partial charge is 0.211 e. The standard InChI is InChI=1S/C14H24O3/c1-8(2)11-10-9(3)17-14(7-16-6,12(10)15)13(11,4)5/h9-10,12,15H,7H2,1-6H3/t9-,10+,12-,14+/m0/s1/i15T. The van der Waals surface area contributed by atoms with Crippen LogP contribution in [0.5, 0.6) is 0 Å². The largest absolute Gasteiger partial charge is 0.389 e. The van der Waals surface area contributed by atoms with Crippen molar-refractivity contribution >= 4 is 0 Å². The van der Waals surface area contributed by atoms with Crippen LogP contribution < -0.4 is 0 Å². The second-order valence-electron chi connectivity index (χ2n) is 6.13. The third kappa shape index (κ3) is 1.39. The van der Waals surface area contributed by atoms with Gasteiger partial charge < -0.3 is 14.6 Å². The lowest BCUT2D eigenvalue weighted by atomic mass is 9.72. The second-order valence-corrected chi connectivity index (χ2v) is 6.13. The molecule has 0 aromatic carbocycles. The van der Waals surface area contributed by atoms with Crippen molar-refractivity contribution in [2.45, 2.75) is 52.4 Å². The number of fused-ring (bicyclic) bond motifs is 2. The Balaban J connectivity index is 2.59. The molecule has 0 spiro atoms. The molecule has 3 nitrogen and oxygen atoms in total. The summed E-state index contributed by atoms with van der Waals surface area (Å²) in [7, 11) is 1.67. The van der Waals surface area contributed by atoms with Crippen molar-refractivity contribution in [3.05, 3.63) is 11.1 Å². The van der Waals surface area contributed by atoms with Crippen LogP contribution in [0, 0.1) is 11.3 Å². The zero-order valence-electron chi connectivity index (χ0n) is 12.7. The lowest BCUT2D eigenvalue weighted by molar-refractivity contribution is -0.166. The number of aliphatic hydroxyl groups is 1. The van der Waals surface area contributed by atoms with E-state index in [1.807, 2.05) is 0 Å². The molecule has 3 heteroatoms. The summed E-state index contributed by atoms with van der Waals surface area (Å²) >= 11 is 0. The van der Waals surface area contributed by atoms with Crippen LogP contribution in [-0.2, 0) is 9.47 Å². The van der Waals surface area contributed by atoms with Gasteiger partial charge in [0.2, 0.25) is 1.43 Å². The monoisotopic (exact) mass is 242 g/mol. The molecule has 2 aliphatic rings. The molecule has 0 aromatic heterocycles. The van der Waals surface area contributed by atoms with E-state index in [0.717, 1.165) is 0 Å². The van der Waals surface area contributed by atoms with E-state index in [1.54, 1.807) is 7.11 Å². The lowest BCUT2D eigenvalue weighted by Crippen LogP contribution is -2.53. The molecule has 0 unspecified atom stereocenters. The molecule has 0 amide bonds. The zero-order chi connectivity index (χ0) is 13.7. The normalized spacial score (nSPS) is 44.0. The summed E-state index contributed by atoms with van der Waals surface area (Å²) in [5.74, 6) is 0.164. The molecule has 1 N–H and O–H groups in total. The molecule has 1 aliphatic carbocycles. The van der Waals surface area contributed by atoms with E-state index in [-0.39, 0.29) is 23.5 Å². The van der Waals surface area contributed by atoms with Crippen molar-refractivity contribution in [1.82, 2.24) is 0 Å². The van der Waals surface area contributed by atoms with Gasteiger partial charge in [-0.25, -0.2) is 0 Å². The summed E-state index contributed by atoms with van der Waals surface area (Å²) in [6, 6.07) is 0. The van der Waals surface area contributed by atoms with E-state index in [4.69, 9.17) is 16.0 Å². The highest BCUT2D eigenvalue weighted by Gasteiger charge is 2.70. The Morgan fingerprint density at radius 1 is 1.53 bits per heavy atom. The fourth-order valence-corrected chi connectivity index (χ4v) is 4.01. The number of rotatable bonds is 3. The molecule has 1 saturated carbocycles. The van der Waals surface area contributed by atoms with Crippen LogP contribution in [0.1, 0.15) is 34.6 Å². The Bertz CT molecular complexity index is 373. The molecule has 1 saturated heterocycles. The van der Waals surface area contributed by atoms with Crippen molar-refractivity contribution in [3.63, 3.8) is 0 Å². The first-order chi connectivity index (χ1) is 8.33. The van der Waals surface area contributed by atoms with Gasteiger partial charge in [-0.1, -0.05) is 25.0 Å². The summed E-state index contributed by atoms with van der Waals surface area (Å²) in [6.07, 6.45) is -0.166. The highest BCUT2D eigenvalue weighted by Crippen LogP contribution is 2.62.